The third-order valence-electron chi connectivity index (χ3n) is 5.79. The van der Waals surface area contributed by atoms with Gasteiger partial charge in [0, 0.05) is 29.5 Å². The number of nitrogens with zero attached hydrogens (tertiary/aromatic N) is 5. The van der Waals surface area contributed by atoms with E-state index in [1.165, 1.54) is 6.33 Å². The first kappa shape index (κ1) is 22.0. The van der Waals surface area contributed by atoms with Crippen LogP contribution in [0.4, 0.5) is 5.82 Å². The summed E-state index contributed by atoms with van der Waals surface area (Å²) >= 11 is 6.03. The molecule has 0 radical (unpaired) electrons. The van der Waals surface area contributed by atoms with Crippen LogP contribution >= 0.6 is 11.6 Å². The molecule has 0 aliphatic heterocycles. The molecule has 6 rings (SSSR count). The highest BCUT2D eigenvalue weighted by Gasteiger charge is 2.11. The molecule has 0 aliphatic rings. The lowest BCUT2D eigenvalue weighted by molar-refractivity contribution is 0.540. The summed E-state index contributed by atoms with van der Waals surface area (Å²) in [4.78, 5) is 27.1. The van der Waals surface area contributed by atoms with Crippen molar-refractivity contribution in [2.24, 2.45) is 0 Å². The first-order valence-corrected chi connectivity index (χ1v) is 11.7. The van der Waals surface area contributed by atoms with Crippen molar-refractivity contribution in [3.05, 3.63) is 111 Å². The lowest BCUT2D eigenvalue weighted by atomic mass is 10.0. The van der Waals surface area contributed by atoms with Gasteiger partial charge in [0.2, 0.25) is 11.4 Å². The van der Waals surface area contributed by atoms with E-state index in [9.17, 15) is 4.79 Å². The second kappa shape index (κ2) is 9.27. The zero-order chi connectivity index (χ0) is 24.5. The smallest absolute Gasteiger partial charge is 0.247 e. The molecule has 0 fully saturated rings. The van der Waals surface area contributed by atoms with E-state index in [1.54, 1.807) is 24.4 Å². The van der Waals surface area contributed by atoms with Gasteiger partial charge in [-0.3, -0.25) is 9.48 Å². The molecule has 0 aliphatic carbocycles. The monoisotopic (exact) mass is 497 g/mol. The fourth-order valence-electron chi connectivity index (χ4n) is 4.03. The fraction of sp³-hybridized carbons (Fsp3) is 0.115. The predicted octanol–water partition coefficient (Wildman–Crippen LogP) is 4.56. The summed E-state index contributed by atoms with van der Waals surface area (Å²) in [6, 6.07) is 17.1. The zero-order valence-corrected chi connectivity index (χ0v) is 19.7. The molecule has 4 aromatic heterocycles. The molecule has 0 unspecified atom stereocenters. The van der Waals surface area contributed by atoms with E-state index in [4.69, 9.17) is 16.0 Å². The van der Waals surface area contributed by atoms with Crippen LogP contribution in [0.5, 0.6) is 0 Å². The van der Waals surface area contributed by atoms with Gasteiger partial charge in [-0.15, -0.1) is 0 Å². The summed E-state index contributed by atoms with van der Waals surface area (Å²) in [5.41, 5.74) is 5.23. The van der Waals surface area contributed by atoms with Gasteiger partial charge < -0.3 is 14.7 Å². The first-order valence-electron chi connectivity index (χ1n) is 11.3. The summed E-state index contributed by atoms with van der Waals surface area (Å²) in [6.45, 7) is 0.959. The minimum Gasteiger partial charge on any atom is -0.439 e. The third-order valence-corrected chi connectivity index (χ3v) is 6.03. The van der Waals surface area contributed by atoms with E-state index >= 15 is 0 Å². The molecule has 36 heavy (non-hydrogen) atoms. The third kappa shape index (κ3) is 4.69. The molecule has 0 saturated heterocycles. The van der Waals surface area contributed by atoms with E-state index in [-0.39, 0.29) is 5.56 Å². The van der Waals surface area contributed by atoms with Crippen molar-refractivity contribution in [1.29, 1.82) is 0 Å². The van der Waals surface area contributed by atoms with Crippen molar-refractivity contribution in [2.75, 3.05) is 5.32 Å². The number of halogens is 1. The highest BCUT2D eigenvalue weighted by molar-refractivity contribution is 6.31. The van der Waals surface area contributed by atoms with E-state index in [0.29, 0.717) is 41.1 Å². The number of benzene rings is 2. The van der Waals surface area contributed by atoms with Gasteiger partial charge in [0.15, 0.2) is 11.2 Å². The Kier molecular flexibility index (Phi) is 5.67. The SMILES string of the molecule is O=c1ccc(Cc2ccc(Cn3cc4c(NCc5nc6ccc(Cl)cc6o5)ncnc4n3)cc2)c[nH]1. The van der Waals surface area contributed by atoms with Gasteiger partial charge in [-0.05, 0) is 35.2 Å². The van der Waals surface area contributed by atoms with Gasteiger partial charge in [0.1, 0.15) is 17.7 Å². The van der Waals surface area contributed by atoms with Crippen LogP contribution in [0.1, 0.15) is 22.6 Å². The summed E-state index contributed by atoms with van der Waals surface area (Å²) in [7, 11) is 0. The molecule has 9 nitrogen and oxygen atoms in total. The van der Waals surface area contributed by atoms with Crippen LogP contribution in [0.15, 0.2) is 82.5 Å². The number of aromatic amines is 1. The lowest BCUT2D eigenvalue weighted by Gasteiger charge is -2.05. The summed E-state index contributed by atoms with van der Waals surface area (Å²) < 4.78 is 7.63. The van der Waals surface area contributed by atoms with Gasteiger partial charge in [0.05, 0.1) is 18.5 Å². The normalized spacial score (nSPS) is 11.4. The lowest BCUT2D eigenvalue weighted by Crippen LogP contribution is -2.03. The summed E-state index contributed by atoms with van der Waals surface area (Å²) in [5, 5.41) is 9.29. The van der Waals surface area contributed by atoms with Crippen LogP contribution in [-0.2, 0) is 19.5 Å². The molecule has 2 aromatic carbocycles. The molecule has 10 heteroatoms. The average Bonchev–Trinajstić information content (AvgIpc) is 3.48. The molecule has 0 bridgehead atoms. The number of pyridine rings is 1. The Labute approximate surface area is 209 Å². The average molecular weight is 498 g/mol. The number of nitrogens with one attached hydrogen (secondary N) is 2. The number of fused-ring (bicyclic) bond motifs is 2. The number of oxazole rings is 1. The summed E-state index contributed by atoms with van der Waals surface area (Å²) in [6.07, 6.45) is 5.91. The maximum absolute atomic E-state index is 11.2. The molecule has 0 saturated carbocycles. The largest absolute Gasteiger partial charge is 0.439 e. The number of rotatable bonds is 7. The highest BCUT2D eigenvalue weighted by Crippen LogP contribution is 2.22. The van der Waals surface area contributed by atoms with Crippen LogP contribution in [0, 0.1) is 0 Å². The fourth-order valence-corrected chi connectivity index (χ4v) is 4.19. The molecule has 2 N–H and O–H groups in total. The maximum Gasteiger partial charge on any atom is 0.247 e. The molecule has 4 heterocycles. The van der Waals surface area contributed by atoms with E-state index in [1.807, 2.05) is 23.0 Å². The standard InChI is InChI=1S/C26H20ClN7O2/c27-19-6-7-21-22(10-19)36-24(32-21)12-29-25-20-14-34(33-26(20)31-15-30-25)13-17-3-1-16(2-4-17)9-18-5-8-23(35)28-11-18/h1-8,10-11,14-15H,9,12-13H2,(H,28,35)(H,29,30,31,33). The van der Waals surface area contributed by atoms with Gasteiger partial charge in [0.25, 0.3) is 0 Å². The van der Waals surface area contributed by atoms with Crippen molar-refractivity contribution in [3.63, 3.8) is 0 Å². The van der Waals surface area contributed by atoms with Crippen molar-refractivity contribution < 1.29 is 4.42 Å². The number of H-pyrrole nitrogens is 1. The van der Waals surface area contributed by atoms with Crippen LogP contribution < -0.4 is 10.9 Å². The number of hydrogen-bond donors (Lipinski definition) is 2. The Balaban J connectivity index is 1.15. The second-order valence-electron chi connectivity index (χ2n) is 8.41. The summed E-state index contributed by atoms with van der Waals surface area (Å²) in [5.74, 6) is 1.19. The zero-order valence-electron chi connectivity index (χ0n) is 19.0. The Morgan fingerprint density at radius 2 is 1.83 bits per heavy atom. The van der Waals surface area contributed by atoms with Crippen LogP contribution in [0.25, 0.3) is 22.1 Å². The van der Waals surface area contributed by atoms with Crippen LogP contribution in [0.3, 0.4) is 0 Å². The van der Waals surface area contributed by atoms with Crippen molar-refractivity contribution in [2.45, 2.75) is 19.5 Å². The Hall–Kier alpha value is -4.50. The minimum absolute atomic E-state index is 0.0969. The highest BCUT2D eigenvalue weighted by atomic mass is 35.5. The number of aromatic nitrogens is 6. The van der Waals surface area contributed by atoms with Crippen LogP contribution in [0.2, 0.25) is 5.02 Å². The molecular weight excluding hydrogens is 478 g/mol. The first-order chi connectivity index (χ1) is 17.6. The molecular formula is C26H20ClN7O2. The van der Waals surface area contributed by atoms with E-state index < -0.39 is 0 Å². The second-order valence-corrected chi connectivity index (χ2v) is 8.85. The van der Waals surface area contributed by atoms with Gasteiger partial charge >= 0.3 is 0 Å². The number of hydrogen-bond acceptors (Lipinski definition) is 7. The van der Waals surface area contributed by atoms with Crippen LogP contribution in [-0.4, -0.2) is 29.7 Å². The maximum atomic E-state index is 11.2. The predicted molar refractivity (Wildman–Crippen MR) is 137 cm³/mol. The Morgan fingerprint density at radius 3 is 2.67 bits per heavy atom. The Morgan fingerprint density at radius 1 is 1.00 bits per heavy atom. The van der Waals surface area contributed by atoms with Gasteiger partial charge in [-0.25, -0.2) is 15.0 Å². The molecule has 0 atom stereocenters. The van der Waals surface area contributed by atoms with E-state index in [2.05, 4.69) is 54.6 Å². The minimum atomic E-state index is -0.0969. The van der Waals surface area contributed by atoms with Crippen molar-refractivity contribution >= 4 is 39.6 Å². The molecule has 0 amide bonds. The van der Waals surface area contributed by atoms with Crippen molar-refractivity contribution in [3.8, 4) is 0 Å². The quantitative estimate of drug-likeness (QED) is 0.332. The van der Waals surface area contributed by atoms with Gasteiger partial charge in [-0.2, -0.15) is 5.10 Å². The van der Waals surface area contributed by atoms with Crippen molar-refractivity contribution in [1.82, 2.24) is 29.7 Å². The Bertz CT molecular complexity index is 1720. The number of anilines is 1. The van der Waals surface area contributed by atoms with E-state index in [0.717, 1.165) is 34.0 Å². The molecule has 178 valence electrons. The molecule has 6 aromatic rings. The molecule has 0 spiro atoms. The topological polar surface area (TPSA) is 115 Å². The van der Waals surface area contributed by atoms with Gasteiger partial charge in [-0.1, -0.05) is 41.9 Å².